The molecule has 1 amide bonds. The van der Waals surface area contributed by atoms with Crippen molar-refractivity contribution in [3.63, 3.8) is 0 Å². The number of hydrogen-bond donors (Lipinski definition) is 0. The van der Waals surface area contributed by atoms with Gasteiger partial charge in [-0.25, -0.2) is 8.42 Å². The minimum atomic E-state index is -3.69. The van der Waals surface area contributed by atoms with Gasteiger partial charge >= 0.3 is 0 Å². The van der Waals surface area contributed by atoms with E-state index in [-0.39, 0.29) is 23.4 Å². The van der Waals surface area contributed by atoms with Gasteiger partial charge in [0, 0.05) is 13.1 Å². The van der Waals surface area contributed by atoms with Crippen LogP contribution in [0.15, 0.2) is 53.4 Å². The van der Waals surface area contributed by atoms with Crippen LogP contribution in [0.3, 0.4) is 0 Å². The summed E-state index contributed by atoms with van der Waals surface area (Å²) in [6, 6.07) is 14.7. The lowest BCUT2D eigenvalue weighted by Gasteiger charge is -2.44. The quantitative estimate of drug-likeness (QED) is 0.834. The molecule has 5 nitrogen and oxygen atoms in total. The van der Waals surface area contributed by atoms with Crippen LogP contribution < -0.4 is 0 Å². The predicted molar refractivity (Wildman–Crippen MR) is 99.2 cm³/mol. The van der Waals surface area contributed by atoms with E-state index in [0.717, 1.165) is 24.0 Å². The average molecular weight is 370 g/mol. The summed E-state index contributed by atoms with van der Waals surface area (Å²) in [6.45, 7) is 2.90. The van der Waals surface area contributed by atoms with E-state index in [1.54, 1.807) is 12.1 Å². The Balaban J connectivity index is 1.67. The minimum Gasteiger partial charge on any atom is -0.333 e. The van der Waals surface area contributed by atoms with Crippen molar-refractivity contribution in [1.82, 2.24) is 9.21 Å². The number of hydrogen-bond acceptors (Lipinski definition) is 3. The van der Waals surface area contributed by atoms with Gasteiger partial charge in [0.1, 0.15) is 0 Å². The highest BCUT2D eigenvalue weighted by Crippen LogP contribution is 2.34. The molecule has 4 rings (SSSR count). The minimum absolute atomic E-state index is 0.0868. The summed E-state index contributed by atoms with van der Waals surface area (Å²) in [5.74, 6) is -0.121. The fourth-order valence-electron chi connectivity index (χ4n) is 3.88. The maximum atomic E-state index is 13.1. The molecule has 2 aromatic carbocycles. The predicted octanol–water partition coefficient (Wildman–Crippen LogP) is 2.38. The number of aryl methyl sites for hydroxylation is 1. The van der Waals surface area contributed by atoms with Gasteiger partial charge in [-0.2, -0.15) is 4.31 Å². The number of fused-ring (bicyclic) bond motifs is 3. The normalized spacial score (nSPS) is 20.6. The van der Waals surface area contributed by atoms with Crippen LogP contribution in [0.2, 0.25) is 0 Å². The molecule has 0 bridgehead atoms. The van der Waals surface area contributed by atoms with Crippen LogP contribution in [0, 0.1) is 0 Å². The van der Waals surface area contributed by atoms with Crippen LogP contribution in [-0.4, -0.2) is 43.2 Å². The number of carbonyl (C=O) groups excluding carboxylic acids is 1. The third-order valence-corrected chi connectivity index (χ3v) is 7.22. The average Bonchev–Trinajstić information content (AvgIpc) is 2.67. The van der Waals surface area contributed by atoms with E-state index in [1.165, 1.54) is 9.87 Å². The fraction of sp³-hybridized carbons (Fsp3) is 0.350. The Morgan fingerprint density at radius 1 is 1.08 bits per heavy atom. The van der Waals surface area contributed by atoms with Crippen LogP contribution in [0.5, 0.6) is 0 Å². The van der Waals surface area contributed by atoms with Gasteiger partial charge in [0.05, 0.1) is 17.5 Å². The molecule has 2 aromatic rings. The second-order valence-electron chi connectivity index (χ2n) is 6.85. The van der Waals surface area contributed by atoms with E-state index in [1.807, 2.05) is 42.2 Å². The number of piperazine rings is 1. The molecule has 0 radical (unpaired) electrons. The van der Waals surface area contributed by atoms with Gasteiger partial charge in [-0.1, -0.05) is 43.3 Å². The topological polar surface area (TPSA) is 57.7 Å². The van der Waals surface area contributed by atoms with Crippen molar-refractivity contribution in [3.05, 3.63) is 65.2 Å². The molecule has 1 atom stereocenters. The molecule has 0 spiro atoms. The fourth-order valence-corrected chi connectivity index (χ4v) is 5.27. The summed E-state index contributed by atoms with van der Waals surface area (Å²) in [5, 5.41) is 0. The van der Waals surface area contributed by atoms with Crippen molar-refractivity contribution in [1.29, 1.82) is 0 Å². The van der Waals surface area contributed by atoms with Gasteiger partial charge in [0.25, 0.3) is 0 Å². The number of benzene rings is 2. The highest BCUT2D eigenvalue weighted by atomic mass is 32.2. The van der Waals surface area contributed by atoms with Gasteiger partial charge in [-0.15, -0.1) is 0 Å². The first kappa shape index (κ1) is 17.2. The Bertz CT molecular complexity index is 938. The van der Waals surface area contributed by atoms with Crippen LogP contribution in [0.1, 0.15) is 29.7 Å². The highest BCUT2D eigenvalue weighted by Gasteiger charge is 2.41. The van der Waals surface area contributed by atoms with Crippen LogP contribution in [-0.2, 0) is 27.7 Å². The number of sulfonamides is 1. The van der Waals surface area contributed by atoms with E-state index in [2.05, 4.69) is 6.07 Å². The largest absolute Gasteiger partial charge is 0.333 e. The standard InChI is InChI=1S/C20H22N2O3S/c1-2-15-7-9-17(10-8-15)26(24,25)21-13-19-18-6-4-3-5-16(18)11-12-22(19)20(23)14-21/h3-10,19H,2,11-14H2,1H3/t19-/m1/s1. The first-order chi connectivity index (χ1) is 12.5. The Hall–Kier alpha value is -2.18. The molecule has 0 saturated carbocycles. The maximum Gasteiger partial charge on any atom is 0.243 e. The summed E-state index contributed by atoms with van der Waals surface area (Å²) in [7, 11) is -3.69. The van der Waals surface area contributed by atoms with Crippen LogP contribution in [0.4, 0.5) is 0 Å². The summed E-state index contributed by atoms with van der Waals surface area (Å²) in [6.07, 6.45) is 1.68. The first-order valence-corrected chi connectivity index (χ1v) is 10.4. The van der Waals surface area contributed by atoms with Crippen molar-refractivity contribution in [2.24, 2.45) is 0 Å². The molecule has 1 fully saturated rings. The molecule has 2 aliphatic rings. The van der Waals surface area contributed by atoms with Crippen LogP contribution >= 0.6 is 0 Å². The summed E-state index contributed by atoms with van der Waals surface area (Å²) in [5.41, 5.74) is 3.35. The lowest BCUT2D eigenvalue weighted by atomic mass is 9.91. The molecule has 0 unspecified atom stereocenters. The second kappa shape index (κ2) is 6.52. The Kier molecular flexibility index (Phi) is 4.32. The van der Waals surface area contributed by atoms with Crippen molar-refractivity contribution >= 4 is 15.9 Å². The summed E-state index contributed by atoms with van der Waals surface area (Å²) in [4.78, 5) is 14.7. The SMILES string of the molecule is CCc1ccc(S(=O)(=O)N2CC(=O)N3CCc4ccccc4[C@H]3C2)cc1. The Morgan fingerprint density at radius 3 is 2.54 bits per heavy atom. The van der Waals surface area contributed by atoms with Crippen molar-refractivity contribution in [3.8, 4) is 0 Å². The number of nitrogens with zero attached hydrogens (tertiary/aromatic N) is 2. The van der Waals surface area contributed by atoms with Crippen LogP contribution in [0.25, 0.3) is 0 Å². The molecule has 2 heterocycles. The Morgan fingerprint density at radius 2 is 1.81 bits per heavy atom. The molecular weight excluding hydrogens is 348 g/mol. The smallest absolute Gasteiger partial charge is 0.243 e. The molecule has 1 saturated heterocycles. The number of carbonyl (C=O) groups is 1. The van der Waals surface area contributed by atoms with Crippen molar-refractivity contribution in [2.75, 3.05) is 19.6 Å². The monoisotopic (exact) mass is 370 g/mol. The van der Waals surface area contributed by atoms with E-state index in [9.17, 15) is 13.2 Å². The first-order valence-electron chi connectivity index (χ1n) is 8.97. The van der Waals surface area contributed by atoms with Gasteiger partial charge < -0.3 is 4.90 Å². The zero-order chi connectivity index (χ0) is 18.3. The zero-order valence-corrected chi connectivity index (χ0v) is 15.6. The van der Waals surface area contributed by atoms with E-state index < -0.39 is 10.0 Å². The molecular formula is C20H22N2O3S. The van der Waals surface area contributed by atoms with Gasteiger partial charge in [0.15, 0.2) is 0 Å². The molecule has 136 valence electrons. The molecule has 0 N–H and O–H groups in total. The summed E-state index contributed by atoms with van der Waals surface area (Å²) >= 11 is 0. The molecule has 0 aromatic heterocycles. The van der Waals surface area contributed by atoms with E-state index in [4.69, 9.17) is 0 Å². The number of rotatable bonds is 3. The van der Waals surface area contributed by atoms with Crippen molar-refractivity contribution in [2.45, 2.75) is 30.7 Å². The van der Waals surface area contributed by atoms with E-state index in [0.29, 0.717) is 13.1 Å². The highest BCUT2D eigenvalue weighted by molar-refractivity contribution is 7.89. The third kappa shape index (κ3) is 2.83. The molecule has 6 heteroatoms. The van der Waals surface area contributed by atoms with Crippen molar-refractivity contribution < 1.29 is 13.2 Å². The molecule has 2 aliphatic heterocycles. The molecule has 26 heavy (non-hydrogen) atoms. The number of amides is 1. The van der Waals surface area contributed by atoms with E-state index >= 15 is 0 Å². The maximum absolute atomic E-state index is 13.1. The van der Waals surface area contributed by atoms with Gasteiger partial charge in [0.2, 0.25) is 15.9 Å². The van der Waals surface area contributed by atoms with Gasteiger partial charge in [-0.3, -0.25) is 4.79 Å². The summed E-state index contributed by atoms with van der Waals surface area (Å²) < 4.78 is 27.5. The Labute approximate surface area is 154 Å². The third-order valence-electron chi connectivity index (χ3n) is 5.39. The zero-order valence-electron chi connectivity index (χ0n) is 14.8. The second-order valence-corrected chi connectivity index (χ2v) is 8.78. The lowest BCUT2D eigenvalue weighted by molar-refractivity contribution is -0.138. The molecule has 0 aliphatic carbocycles. The lowest BCUT2D eigenvalue weighted by Crippen LogP contribution is -2.55. The van der Waals surface area contributed by atoms with Gasteiger partial charge in [-0.05, 0) is 41.7 Å².